The summed E-state index contributed by atoms with van der Waals surface area (Å²) in [6.45, 7) is 5.20. The Labute approximate surface area is 137 Å². The maximum Gasteiger partial charge on any atom is 0.162 e. The van der Waals surface area contributed by atoms with Crippen molar-refractivity contribution in [2.24, 2.45) is 0 Å². The smallest absolute Gasteiger partial charge is 0.162 e. The van der Waals surface area contributed by atoms with Crippen molar-refractivity contribution in [2.45, 2.75) is 13.0 Å². The number of aromatic nitrogens is 1. The van der Waals surface area contributed by atoms with Crippen LogP contribution in [0, 0.1) is 0 Å². The lowest BCUT2D eigenvalue weighted by Crippen LogP contribution is -2.49. The molecule has 0 unspecified atom stereocenters. The van der Waals surface area contributed by atoms with Crippen LogP contribution in [0.2, 0.25) is 0 Å². The van der Waals surface area contributed by atoms with Crippen molar-refractivity contribution < 1.29 is 9.47 Å². The normalized spacial score (nSPS) is 18.0. The molecule has 1 aromatic heterocycles. The summed E-state index contributed by atoms with van der Waals surface area (Å²) in [6.07, 6.45) is 1.86. The van der Waals surface area contributed by atoms with E-state index in [4.69, 9.17) is 9.47 Å². The highest BCUT2D eigenvalue weighted by Gasteiger charge is 2.19. The number of fused-ring (bicyclic) bond motifs is 1. The zero-order valence-corrected chi connectivity index (χ0v) is 13.9. The molecule has 5 nitrogen and oxygen atoms in total. The van der Waals surface area contributed by atoms with Gasteiger partial charge in [0.2, 0.25) is 0 Å². The number of hydrogen-bond donors (Lipinski definition) is 1. The van der Waals surface area contributed by atoms with Crippen molar-refractivity contribution in [1.82, 2.24) is 10.3 Å². The molecular weight excluding hydrogens is 302 g/mol. The van der Waals surface area contributed by atoms with Gasteiger partial charge in [-0.2, -0.15) is 0 Å². The zero-order valence-electron chi connectivity index (χ0n) is 13.1. The molecule has 0 bridgehead atoms. The van der Waals surface area contributed by atoms with Gasteiger partial charge < -0.3 is 19.7 Å². The molecule has 1 aliphatic heterocycles. The highest BCUT2D eigenvalue weighted by Crippen LogP contribution is 2.35. The van der Waals surface area contributed by atoms with Gasteiger partial charge in [0.25, 0.3) is 0 Å². The summed E-state index contributed by atoms with van der Waals surface area (Å²) < 4.78 is 10.8. The maximum absolute atomic E-state index is 5.42. The Morgan fingerprint density at radius 1 is 1.23 bits per heavy atom. The lowest BCUT2D eigenvalue weighted by atomic mass is 10.1. The Morgan fingerprint density at radius 3 is 2.64 bits per heavy atom. The summed E-state index contributed by atoms with van der Waals surface area (Å²) >= 11 is 0. The van der Waals surface area contributed by atoms with Gasteiger partial charge in [-0.3, -0.25) is 4.98 Å². The monoisotopic (exact) mass is 323 g/mol. The third-order valence-corrected chi connectivity index (χ3v) is 3.93. The molecule has 22 heavy (non-hydrogen) atoms. The van der Waals surface area contributed by atoms with Crippen LogP contribution in [0.25, 0.3) is 10.9 Å². The van der Waals surface area contributed by atoms with E-state index < -0.39 is 0 Å². The van der Waals surface area contributed by atoms with Gasteiger partial charge in [-0.15, -0.1) is 12.4 Å². The number of rotatable bonds is 3. The molecule has 1 fully saturated rings. The first-order valence-electron chi connectivity index (χ1n) is 7.22. The van der Waals surface area contributed by atoms with Crippen molar-refractivity contribution in [1.29, 1.82) is 0 Å². The number of anilines is 1. The largest absolute Gasteiger partial charge is 0.493 e. The van der Waals surface area contributed by atoms with Crippen molar-refractivity contribution in [2.75, 3.05) is 38.8 Å². The number of hydrogen-bond acceptors (Lipinski definition) is 5. The number of nitrogens with zero attached hydrogens (tertiary/aromatic N) is 2. The topological polar surface area (TPSA) is 46.6 Å². The molecule has 2 heterocycles. The third-order valence-electron chi connectivity index (χ3n) is 3.93. The number of methoxy groups -OCH3 is 2. The Hall–Kier alpha value is -1.72. The fourth-order valence-electron chi connectivity index (χ4n) is 2.89. The minimum atomic E-state index is 0. The molecule has 0 aliphatic carbocycles. The number of pyridine rings is 1. The van der Waals surface area contributed by atoms with Crippen LogP contribution in [0.15, 0.2) is 24.4 Å². The molecule has 1 atom stereocenters. The van der Waals surface area contributed by atoms with E-state index in [9.17, 15) is 0 Å². The van der Waals surface area contributed by atoms with Gasteiger partial charge >= 0.3 is 0 Å². The second-order valence-electron chi connectivity index (χ2n) is 5.36. The molecule has 1 N–H and O–H groups in total. The summed E-state index contributed by atoms with van der Waals surface area (Å²) in [6, 6.07) is 6.51. The van der Waals surface area contributed by atoms with E-state index in [-0.39, 0.29) is 12.4 Å². The number of benzene rings is 1. The fraction of sp³-hybridized carbons (Fsp3) is 0.438. The lowest BCUT2D eigenvalue weighted by molar-refractivity contribution is 0.356. The quantitative estimate of drug-likeness (QED) is 0.940. The summed E-state index contributed by atoms with van der Waals surface area (Å²) in [4.78, 5) is 6.86. The molecule has 1 saturated heterocycles. The van der Waals surface area contributed by atoms with Gasteiger partial charge in [0.05, 0.1) is 19.7 Å². The molecule has 6 heteroatoms. The molecule has 120 valence electrons. The van der Waals surface area contributed by atoms with Crippen LogP contribution >= 0.6 is 12.4 Å². The van der Waals surface area contributed by atoms with Gasteiger partial charge in [0.15, 0.2) is 11.5 Å². The van der Waals surface area contributed by atoms with E-state index in [1.165, 1.54) is 5.69 Å². The van der Waals surface area contributed by atoms with Crippen LogP contribution < -0.4 is 19.7 Å². The molecule has 1 aromatic carbocycles. The fourth-order valence-corrected chi connectivity index (χ4v) is 2.89. The summed E-state index contributed by atoms with van der Waals surface area (Å²) in [7, 11) is 3.30. The molecule has 0 amide bonds. The third kappa shape index (κ3) is 3.05. The zero-order chi connectivity index (χ0) is 14.8. The van der Waals surface area contributed by atoms with Crippen LogP contribution in [0.4, 0.5) is 5.69 Å². The minimum Gasteiger partial charge on any atom is -0.493 e. The van der Waals surface area contributed by atoms with Crippen molar-refractivity contribution in [3.05, 3.63) is 24.4 Å². The Kier molecular flexibility index (Phi) is 5.32. The molecule has 0 spiro atoms. The first-order valence-corrected chi connectivity index (χ1v) is 7.22. The Balaban J connectivity index is 0.00000176. The molecule has 2 aromatic rings. The highest BCUT2D eigenvalue weighted by molar-refractivity contribution is 5.94. The molecule has 1 aliphatic rings. The van der Waals surface area contributed by atoms with Gasteiger partial charge in [-0.25, -0.2) is 0 Å². The average Bonchev–Trinajstić information content (AvgIpc) is 2.52. The van der Waals surface area contributed by atoms with Gasteiger partial charge in [-0.1, -0.05) is 0 Å². The van der Waals surface area contributed by atoms with E-state index in [0.717, 1.165) is 36.3 Å². The molecule has 0 saturated carbocycles. The van der Waals surface area contributed by atoms with Crippen molar-refractivity contribution >= 4 is 29.0 Å². The van der Waals surface area contributed by atoms with Crippen LogP contribution in [-0.4, -0.2) is 44.9 Å². The summed E-state index contributed by atoms with van der Waals surface area (Å²) in [5, 5.41) is 4.57. The molecule has 3 rings (SSSR count). The molecular formula is C16H22ClN3O2. The SMILES string of the molecule is COc1cc2nccc(N3CCN[C@H](C)C3)c2cc1OC.Cl. The van der Waals surface area contributed by atoms with Gasteiger partial charge in [0.1, 0.15) is 0 Å². The average molecular weight is 324 g/mol. The number of halogens is 1. The van der Waals surface area contributed by atoms with Crippen LogP contribution in [-0.2, 0) is 0 Å². The van der Waals surface area contributed by atoms with Gasteiger partial charge in [0, 0.05) is 49.0 Å². The van der Waals surface area contributed by atoms with Crippen molar-refractivity contribution in [3.63, 3.8) is 0 Å². The molecule has 0 radical (unpaired) electrons. The van der Waals surface area contributed by atoms with E-state index >= 15 is 0 Å². The van der Waals surface area contributed by atoms with E-state index in [2.05, 4.69) is 28.2 Å². The highest BCUT2D eigenvalue weighted by atomic mass is 35.5. The Bertz CT molecular complexity index is 651. The Morgan fingerprint density at radius 2 is 1.95 bits per heavy atom. The van der Waals surface area contributed by atoms with Crippen molar-refractivity contribution in [3.8, 4) is 11.5 Å². The second kappa shape index (κ2) is 7.03. The summed E-state index contributed by atoms with van der Waals surface area (Å²) in [5.41, 5.74) is 2.13. The minimum absolute atomic E-state index is 0. The predicted molar refractivity (Wildman–Crippen MR) is 91.8 cm³/mol. The van der Waals surface area contributed by atoms with Crippen LogP contribution in [0.3, 0.4) is 0 Å². The van der Waals surface area contributed by atoms with Crippen LogP contribution in [0.5, 0.6) is 11.5 Å². The summed E-state index contributed by atoms with van der Waals surface area (Å²) in [5.74, 6) is 1.45. The number of nitrogens with one attached hydrogen (secondary N) is 1. The number of ether oxygens (including phenoxy) is 2. The second-order valence-corrected chi connectivity index (χ2v) is 5.36. The van der Waals surface area contributed by atoms with E-state index in [1.807, 2.05) is 18.3 Å². The lowest BCUT2D eigenvalue weighted by Gasteiger charge is -2.34. The van der Waals surface area contributed by atoms with Gasteiger partial charge in [-0.05, 0) is 19.1 Å². The van der Waals surface area contributed by atoms with E-state index in [0.29, 0.717) is 11.8 Å². The first-order chi connectivity index (χ1) is 10.2. The first kappa shape index (κ1) is 16.6. The standard InChI is InChI=1S/C16H21N3O2.ClH/c1-11-10-19(7-6-17-11)14-4-5-18-13-9-16(21-3)15(20-2)8-12(13)14;/h4-5,8-9,11,17H,6-7,10H2,1-3H3;1H/t11-;/m1./s1. The predicted octanol–water partition coefficient (Wildman–Crippen LogP) is 2.47. The van der Waals surface area contributed by atoms with Crippen LogP contribution in [0.1, 0.15) is 6.92 Å². The maximum atomic E-state index is 5.42. The number of piperazine rings is 1. The van der Waals surface area contributed by atoms with E-state index in [1.54, 1.807) is 14.2 Å².